The summed E-state index contributed by atoms with van der Waals surface area (Å²) in [5, 5.41) is 0. The summed E-state index contributed by atoms with van der Waals surface area (Å²) in [5.74, 6) is 0. The lowest BCUT2D eigenvalue weighted by Gasteiger charge is -2.33. The van der Waals surface area contributed by atoms with Crippen LogP contribution in [0.4, 0.5) is 0 Å². The maximum Gasteiger partial charge on any atom is 0.0982 e. The first kappa shape index (κ1) is 14.2. The molecule has 1 aromatic carbocycles. The SMILES string of the molecule is CCC(C)(C)OC(c1ccccc1C)C(C)N. The highest BCUT2D eigenvalue weighted by Gasteiger charge is 2.26. The van der Waals surface area contributed by atoms with Crippen molar-refractivity contribution >= 4 is 0 Å². The monoisotopic (exact) mass is 235 g/mol. The molecule has 0 fully saturated rings. The van der Waals surface area contributed by atoms with Crippen molar-refractivity contribution in [3.8, 4) is 0 Å². The van der Waals surface area contributed by atoms with Gasteiger partial charge in [-0.1, -0.05) is 31.2 Å². The molecule has 17 heavy (non-hydrogen) atoms. The Morgan fingerprint density at radius 2 is 1.88 bits per heavy atom. The molecule has 96 valence electrons. The maximum absolute atomic E-state index is 6.19. The second-order valence-corrected chi connectivity index (χ2v) is 5.37. The Labute approximate surface area is 105 Å². The Balaban J connectivity index is 2.99. The van der Waals surface area contributed by atoms with Gasteiger partial charge in [-0.3, -0.25) is 0 Å². The van der Waals surface area contributed by atoms with Crippen molar-refractivity contribution < 1.29 is 4.74 Å². The summed E-state index contributed by atoms with van der Waals surface area (Å²) in [6.45, 7) is 10.5. The van der Waals surface area contributed by atoms with E-state index in [4.69, 9.17) is 10.5 Å². The van der Waals surface area contributed by atoms with E-state index in [9.17, 15) is 0 Å². The second kappa shape index (κ2) is 5.65. The van der Waals surface area contributed by atoms with Crippen molar-refractivity contribution in [2.75, 3.05) is 0 Å². The molecule has 0 heterocycles. The smallest absolute Gasteiger partial charge is 0.0982 e. The first-order chi connectivity index (χ1) is 7.87. The number of hydrogen-bond acceptors (Lipinski definition) is 2. The summed E-state index contributed by atoms with van der Waals surface area (Å²) in [6, 6.07) is 8.28. The fourth-order valence-corrected chi connectivity index (χ4v) is 1.79. The van der Waals surface area contributed by atoms with E-state index in [1.54, 1.807) is 0 Å². The maximum atomic E-state index is 6.19. The molecule has 0 saturated heterocycles. The Hall–Kier alpha value is -0.860. The topological polar surface area (TPSA) is 35.2 Å². The molecule has 0 spiro atoms. The van der Waals surface area contributed by atoms with Crippen molar-refractivity contribution in [2.45, 2.75) is 58.8 Å². The second-order valence-electron chi connectivity index (χ2n) is 5.37. The van der Waals surface area contributed by atoms with Crippen LogP contribution in [-0.2, 0) is 4.74 Å². The molecular formula is C15H25NO. The van der Waals surface area contributed by atoms with Crippen LogP contribution in [0.2, 0.25) is 0 Å². The molecule has 2 nitrogen and oxygen atoms in total. The van der Waals surface area contributed by atoms with Crippen LogP contribution in [0.3, 0.4) is 0 Å². The van der Waals surface area contributed by atoms with E-state index in [0.29, 0.717) is 0 Å². The minimum Gasteiger partial charge on any atom is -0.366 e. The van der Waals surface area contributed by atoms with Gasteiger partial charge in [0.2, 0.25) is 0 Å². The summed E-state index contributed by atoms with van der Waals surface area (Å²) in [6.07, 6.45) is 0.938. The van der Waals surface area contributed by atoms with Crippen LogP contribution >= 0.6 is 0 Å². The molecule has 0 aromatic heterocycles. The largest absolute Gasteiger partial charge is 0.366 e. The van der Waals surface area contributed by atoms with Gasteiger partial charge in [-0.05, 0) is 45.2 Å². The highest BCUT2D eigenvalue weighted by Crippen LogP contribution is 2.29. The predicted molar refractivity (Wildman–Crippen MR) is 73.0 cm³/mol. The summed E-state index contributed by atoms with van der Waals surface area (Å²) < 4.78 is 6.19. The Bertz CT molecular complexity index is 358. The summed E-state index contributed by atoms with van der Waals surface area (Å²) in [5.41, 5.74) is 8.37. The molecule has 2 heteroatoms. The molecule has 0 aliphatic carbocycles. The molecule has 1 aromatic rings. The molecule has 1 rings (SSSR count). The van der Waals surface area contributed by atoms with Crippen LogP contribution in [0.1, 0.15) is 51.3 Å². The van der Waals surface area contributed by atoms with Gasteiger partial charge in [0.25, 0.3) is 0 Å². The molecule has 0 bridgehead atoms. The van der Waals surface area contributed by atoms with E-state index < -0.39 is 0 Å². The van der Waals surface area contributed by atoms with Gasteiger partial charge in [0.1, 0.15) is 0 Å². The van der Waals surface area contributed by atoms with Crippen LogP contribution < -0.4 is 5.73 Å². The number of hydrogen-bond donors (Lipinski definition) is 1. The highest BCUT2D eigenvalue weighted by atomic mass is 16.5. The number of ether oxygens (including phenoxy) is 1. The minimum atomic E-state index is -0.138. The van der Waals surface area contributed by atoms with Crippen LogP contribution in [0, 0.1) is 6.92 Å². The number of rotatable bonds is 5. The molecule has 0 aliphatic heterocycles. The van der Waals surface area contributed by atoms with E-state index in [-0.39, 0.29) is 17.7 Å². The molecule has 0 amide bonds. The van der Waals surface area contributed by atoms with Gasteiger partial charge in [-0.15, -0.1) is 0 Å². The molecule has 0 saturated carbocycles. The van der Waals surface area contributed by atoms with Gasteiger partial charge in [0, 0.05) is 6.04 Å². The molecule has 2 unspecified atom stereocenters. The molecular weight excluding hydrogens is 210 g/mol. The Morgan fingerprint density at radius 3 is 2.35 bits per heavy atom. The van der Waals surface area contributed by atoms with E-state index in [1.165, 1.54) is 11.1 Å². The van der Waals surface area contributed by atoms with Gasteiger partial charge >= 0.3 is 0 Å². The van der Waals surface area contributed by atoms with E-state index in [0.717, 1.165) is 6.42 Å². The van der Waals surface area contributed by atoms with Gasteiger partial charge in [-0.25, -0.2) is 0 Å². The third kappa shape index (κ3) is 3.83. The average molecular weight is 235 g/mol. The van der Waals surface area contributed by atoms with Crippen molar-refractivity contribution in [1.29, 1.82) is 0 Å². The first-order valence-electron chi connectivity index (χ1n) is 6.36. The highest BCUT2D eigenvalue weighted by molar-refractivity contribution is 5.28. The van der Waals surface area contributed by atoms with Crippen LogP contribution in [0.5, 0.6) is 0 Å². The zero-order chi connectivity index (χ0) is 13.1. The zero-order valence-corrected chi connectivity index (χ0v) is 11.7. The third-order valence-corrected chi connectivity index (χ3v) is 3.27. The average Bonchev–Trinajstić information content (AvgIpc) is 2.27. The summed E-state index contributed by atoms with van der Waals surface area (Å²) in [4.78, 5) is 0. The predicted octanol–water partition coefficient (Wildman–Crippen LogP) is 3.59. The molecule has 0 aliphatic rings. The quantitative estimate of drug-likeness (QED) is 0.846. The van der Waals surface area contributed by atoms with Crippen molar-refractivity contribution in [3.63, 3.8) is 0 Å². The van der Waals surface area contributed by atoms with Crippen molar-refractivity contribution in [1.82, 2.24) is 0 Å². The van der Waals surface area contributed by atoms with Crippen molar-refractivity contribution in [2.24, 2.45) is 5.73 Å². The fourth-order valence-electron chi connectivity index (χ4n) is 1.79. The summed E-state index contributed by atoms with van der Waals surface area (Å²) in [7, 11) is 0. The van der Waals surface area contributed by atoms with E-state index >= 15 is 0 Å². The minimum absolute atomic E-state index is 0.0121. The summed E-state index contributed by atoms with van der Waals surface area (Å²) >= 11 is 0. The van der Waals surface area contributed by atoms with Crippen LogP contribution in [-0.4, -0.2) is 11.6 Å². The van der Waals surface area contributed by atoms with E-state index in [2.05, 4.69) is 39.8 Å². The van der Waals surface area contributed by atoms with Gasteiger partial charge in [0.15, 0.2) is 0 Å². The number of nitrogens with two attached hydrogens (primary N) is 1. The van der Waals surface area contributed by atoms with Crippen LogP contribution in [0.15, 0.2) is 24.3 Å². The molecule has 2 N–H and O–H groups in total. The lowest BCUT2D eigenvalue weighted by Crippen LogP contribution is -2.35. The first-order valence-corrected chi connectivity index (χ1v) is 6.36. The zero-order valence-electron chi connectivity index (χ0n) is 11.7. The Morgan fingerprint density at radius 1 is 1.29 bits per heavy atom. The lowest BCUT2D eigenvalue weighted by atomic mass is 9.97. The van der Waals surface area contributed by atoms with Crippen LogP contribution in [0.25, 0.3) is 0 Å². The van der Waals surface area contributed by atoms with Gasteiger partial charge < -0.3 is 10.5 Å². The Kier molecular flexibility index (Phi) is 4.72. The van der Waals surface area contributed by atoms with Gasteiger partial charge in [-0.2, -0.15) is 0 Å². The fraction of sp³-hybridized carbons (Fsp3) is 0.600. The van der Waals surface area contributed by atoms with Gasteiger partial charge in [0.05, 0.1) is 11.7 Å². The standard InChI is InChI=1S/C15H25NO/c1-6-15(4,5)17-14(12(3)16)13-10-8-7-9-11(13)2/h7-10,12,14H,6,16H2,1-5H3. The third-order valence-electron chi connectivity index (χ3n) is 3.27. The molecule has 2 atom stereocenters. The van der Waals surface area contributed by atoms with Crippen molar-refractivity contribution in [3.05, 3.63) is 35.4 Å². The normalized spacial score (nSPS) is 15.6. The number of aryl methyl sites for hydroxylation is 1. The van der Waals surface area contributed by atoms with E-state index in [1.807, 2.05) is 19.1 Å². The molecule has 0 radical (unpaired) electrons. The lowest BCUT2D eigenvalue weighted by molar-refractivity contribution is -0.0835. The number of benzene rings is 1.